The van der Waals surface area contributed by atoms with E-state index >= 15 is 0 Å². The number of nitrogens with one attached hydrogen (secondary N) is 1. The van der Waals surface area contributed by atoms with Crippen molar-refractivity contribution in [2.24, 2.45) is 0 Å². The molecule has 0 fully saturated rings. The Morgan fingerprint density at radius 3 is 2.18 bits per heavy atom. The minimum atomic E-state index is -4.55. The molecule has 0 bridgehead atoms. The number of rotatable bonds is 5. The maximum atomic E-state index is 12.9. The zero-order valence-electron chi connectivity index (χ0n) is 14.5. The Morgan fingerprint density at radius 1 is 0.893 bits per heavy atom. The van der Waals surface area contributed by atoms with E-state index in [1.165, 1.54) is 18.3 Å². The predicted octanol–water partition coefficient (Wildman–Crippen LogP) is 6.83. The topological polar surface area (TPSA) is 29.1 Å². The molecule has 28 heavy (non-hydrogen) atoms. The minimum absolute atomic E-state index is 0.181. The average Bonchev–Trinajstić information content (AvgIpc) is 2.69. The molecular formula is C22H15ClF3NO. The van der Waals surface area contributed by atoms with Crippen LogP contribution in [-0.4, -0.2) is 5.78 Å². The van der Waals surface area contributed by atoms with Crippen LogP contribution in [0, 0.1) is 0 Å². The van der Waals surface area contributed by atoms with Crippen LogP contribution in [0.15, 0.2) is 85.1 Å². The highest BCUT2D eigenvalue weighted by Gasteiger charge is 2.33. The number of hydrogen-bond donors (Lipinski definition) is 1. The average molecular weight is 402 g/mol. The van der Waals surface area contributed by atoms with Gasteiger partial charge < -0.3 is 5.32 Å². The second-order valence-electron chi connectivity index (χ2n) is 5.98. The third-order valence-corrected chi connectivity index (χ3v) is 4.36. The highest BCUT2D eigenvalue weighted by molar-refractivity contribution is 6.31. The summed E-state index contributed by atoms with van der Waals surface area (Å²) < 4.78 is 38.6. The van der Waals surface area contributed by atoms with Crippen LogP contribution in [0.4, 0.5) is 18.9 Å². The van der Waals surface area contributed by atoms with E-state index in [4.69, 9.17) is 11.6 Å². The van der Waals surface area contributed by atoms with Gasteiger partial charge in [0.15, 0.2) is 5.78 Å². The molecule has 0 heterocycles. The van der Waals surface area contributed by atoms with Crippen LogP contribution in [0.3, 0.4) is 0 Å². The van der Waals surface area contributed by atoms with E-state index in [1.54, 1.807) is 12.1 Å². The van der Waals surface area contributed by atoms with Gasteiger partial charge in [0.05, 0.1) is 10.6 Å². The number of halogens is 4. The normalized spacial score (nSPS) is 11.6. The number of ketones is 1. The lowest BCUT2D eigenvalue weighted by atomic mass is 10.0. The van der Waals surface area contributed by atoms with E-state index in [0.29, 0.717) is 5.56 Å². The molecule has 0 aliphatic carbocycles. The lowest BCUT2D eigenvalue weighted by molar-refractivity contribution is -0.137. The summed E-state index contributed by atoms with van der Waals surface area (Å²) in [7, 11) is 0. The van der Waals surface area contributed by atoms with Gasteiger partial charge in [-0.1, -0.05) is 66.2 Å². The SMILES string of the molecule is O=C(/C=C/Nc1ccc(Cl)c(C(F)(F)F)c1)c1ccc(-c2ccccc2)cc1. The lowest BCUT2D eigenvalue weighted by Gasteiger charge is -2.10. The van der Waals surface area contributed by atoms with Gasteiger partial charge in [0.25, 0.3) is 0 Å². The molecule has 142 valence electrons. The van der Waals surface area contributed by atoms with E-state index in [2.05, 4.69) is 5.32 Å². The van der Waals surface area contributed by atoms with Gasteiger partial charge in [0.2, 0.25) is 0 Å². The summed E-state index contributed by atoms with van der Waals surface area (Å²) in [6.07, 6.45) is -1.98. The first kappa shape index (κ1) is 19.7. The lowest BCUT2D eigenvalue weighted by Crippen LogP contribution is -2.06. The molecule has 0 saturated carbocycles. The summed E-state index contributed by atoms with van der Waals surface area (Å²) in [5, 5.41) is 2.28. The summed E-state index contributed by atoms with van der Waals surface area (Å²) in [5.74, 6) is -0.267. The van der Waals surface area contributed by atoms with Crippen LogP contribution < -0.4 is 5.32 Å². The van der Waals surface area contributed by atoms with Crippen molar-refractivity contribution in [3.63, 3.8) is 0 Å². The fraction of sp³-hybridized carbons (Fsp3) is 0.0455. The van der Waals surface area contributed by atoms with Crippen molar-refractivity contribution < 1.29 is 18.0 Å². The molecular weight excluding hydrogens is 387 g/mol. The molecule has 0 radical (unpaired) electrons. The molecule has 0 amide bonds. The molecule has 0 aliphatic heterocycles. The van der Waals surface area contributed by atoms with E-state index in [1.807, 2.05) is 42.5 Å². The van der Waals surface area contributed by atoms with Crippen LogP contribution >= 0.6 is 11.6 Å². The summed E-state index contributed by atoms with van der Waals surface area (Å²) in [4.78, 5) is 12.2. The Bertz CT molecular complexity index is 997. The molecule has 1 N–H and O–H groups in total. The van der Waals surface area contributed by atoms with E-state index in [0.717, 1.165) is 23.3 Å². The van der Waals surface area contributed by atoms with Gasteiger partial charge in [0, 0.05) is 23.5 Å². The molecule has 0 unspecified atom stereocenters. The molecule has 2 nitrogen and oxygen atoms in total. The molecule has 0 saturated heterocycles. The zero-order valence-corrected chi connectivity index (χ0v) is 15.3. The summed E-state index contributed by atoms with van der Waals surface area (Å²) in [6, 6.07) is 20.3. The molecule has 0 aromatic heterocycles. The molecule has 0 spiro atoms. The van der Waals surface area contributed by atoms with E-state index in [9.17, 15) is 18.0 Å². The highest BCUT2D eigenvalue weighted by Crippen LogP contribution is 2.36. The monoisotopic (exact) mass is 401 g/mol. The number of anilines is 1. The van der Waals surface area contributed by atoms with Gasteiger partial charge in [-0.15, -0.1) is 0 Å². The van der Waals surface area contributed by atoms with Crippen LogP contribution in [0.25, 0.3) is 11.1 Å². The van der Waals surface area contributed by atoms with Crippen LogP contribution in [0.2, 0.25) is 5.02 Å². The minimum Gasteiger partial charge on any atom is -0.362 e. The summed E-state index contributed by atoms with van der Waals surface area (Å²) in [5.41, 5.74) is 1.75. The van der Waals surface area contributed by atoms with E-state index < -0.39 is 11.7 Å². The van der Waals surface area contributed by atoms with Gasteiger partial charge >= 0.3 is 6.18 Å². The summed E-state index contributed by atoms with van der Waals surface area (Å²) >= 11 is 5.58. The Morgan fingerprint density at radius 2 is 1.54 bits per heavy atom. The Labute approximate surface area is 165 Å². The Balaban J connectivity index is 1.67. The quantitative estimate of drug-likeness (QED) is 0.375. The number of allylic oxidation sites excluding steroid dienone is 1. The first-order valence-electron chi connectivity index (χ1n) is 8.34. The van der Waals surface area contributed by atoms with Crippen molar-refractivity contribution in [3.8, 4) is 11.1 Å². The second-order valence-corrected chi connectivity index (χ2v) is 6.38. The molecule has 3 aromatic carbocycles. The first-order chi connectivity index (χ1) is 13.3. The zero-order chi connectivity index (χ0) is 20.1. The number of carbonyl (C=O) groups excluding carboxylic acids is 1. The van der Waals surface area contributed by atoms with Crippen molar-refractivity contribution in [3.05, 3.63) is 101 Å². The van der Waals surface area contributed by atoms with Crippen molar-refractivity contribution >= 4 is 23.1 Å². The van der Waals surface area contributed by atoms with Gasteiger partial charge in [-0.25, -0.2) is 0 Å². The molecule has 0 aliphatic rings. The largest absolute Gasteiger partial charge is 0.417 e. The standard InChI is InChI=1S/C22H15ClF3NO/c23-20-11-10-18(14-19(20)22(24,25)26)27-13-12-21(28)17-8-6-16(7-9-17)15-4-2-1-3-5-15/h1-14,27H/b13-12+. The van der Waals surface area contributed by atoms with Gasteiger partial charge in [0.1, 0.15) is 0 Å². The Hall–Kier alpha value is -3.05. The number of hydrogen-bond acceptors (Lipinski definition) is 2. The van der Waals surface area contributed by atoms with Crippen LogP contribution in [-0.2, 0) is 6.18 Å². The van der Waals surface area contributed by atoms with Crippen LogP contribution in [0.1, 0.15) is 15.9 Å². The van der Waals surface area contributed by atoms with Crippen LogP contribution in [0.5, 0.6) is 0 Å². The third-order valence-electron chi connectivity index (χ3n) is 4.03. The first-order valence-corrected chi connectivity index (χ1v) is 8.72. The molecule has 3 aromatic rings. The molecule has 3 rings (SSSR count). The summed E-state index contributed by atoms with van der Waals surface area (Å²) in [6.45, 7) is 0. The van der Waals surface area contributed by atoms with Crippen molar-refractivity contribution in [1.82, 2.24) is 0 Å². The number of benzene rings is 3. The fourth-order valence-electron chi connectivity index (χ4n) is 2.60. The Kier molecular flexibility index (Phi) is 5.85. The van der Waals surface area contributed by atoms with E-state index in [-0.39, 0.29) is 16.5 Å². The fourth-order valence-corrected chi connectivity index (χ4v) is 2.82. The predicted molar refractivity (Wildman–Crippen MR) is 105 cm³/mol. The maximum Gasteiger partial charge on any atom is 0.417 e. The van der Waals surface area contributed by atoms with Crippen molar-refractivity contribution in [1.29, 1.82) is 0 Å². The van der Waals surface area contributed by atoms with Gasteiger partial charge in [-0.05, 0) is 29.3 Å². The van der Waals surface area contributed by atoms with Gasteiger partial charge in [-0.3, -0.25) is 4.79 Å². The smallest absolute Gasteiger partial charge is 0.362 e. The van der Waals surface area contributed by atoms with Crippen molar-refractivity contribution in [2.45, 2.75) is 6.18 Å². The van der Waals surface area contributed by atoms with Crippen molar-refractivity contribution in [2.75, 3.05) is 5.32 Å². The number of alkyl halides is 3. The third kappa shape index (κ3) is 4.81. The molecule has 0 atom stereocenters. The van der Waals surface area contributed by atoms with Gasteiger partial charge in [-0.2, -0.15) is 13.2 Å². The molecule has 6 heteroatoms. The number of carbonyl (C=O) groups is 1. The second kappa shape index (κ2) is 8.31. The maximum absolute atomic E-state index is 12.9. The highest BCUT2D eigenvalue weighted by atomic mass is 35.5.